The molecule has 2 nitrogen and oxygen atoms in total. The van der Waals surface area contributed by atoms with Crippen LogP contribution in [-0.2, 0) is 0 Å². The number of H-pyrrole nitrogens is 1. The zero-order valence-corrected chi connectivity index (χ0v) is 8.87. The van der Waals surface area contributed by atoms with Gasteiger partial charge in [-0.25, -0.2) is 0 Å². The van der Waals surface area contributed by atoms with E-state index in [1.165, 1.54) is 9.75 Å². The predicted octanol–water partition coefficient (Wildman–Crippen LogP) is 3.21. The van der Waals surface area contributed by atoms with E-state index in [4.69, 9.17) is 0 Å². The molecule has 2 rings (SSSR count). The molecule has 0 unspecified atom stereocenters. The van der Waals surface area contributed by atoms with Crippen LogP contribution in [0, 0.1) is 6.92 Å². The molecule has 0 aliphatic carbocycles. The summed E-state index contributed by atoms with van der Waals surface area (Å²) in [5.74, 6) is 0. The molecule has 2 aromatic rings. The maximum Gasteiger partial charge on any atom is 0.0750 e. The molecule has 0 saturated carbocycles. The highest BCUT2D eigenvalue weighted by Gasteiger charge is 2.05. The lowest BCUT2D eigenvalue weighted by Gasteiger charge is -1.86. The third-order valence-corrected chi connectivity index (χ3v) is 3.79. The number of aryl methyl sites for hydroxylation is 1. The van der Waals surface area contributed by atoms with Crippen molar-refractivity contribution in [3.63, 3.8) is 0 Å². The lowest BCUT2D eigenvalue weighted by molar-refractivity contribution is 1.10. The molecule has 0 aliphatic heterocycles. The maximum absolute atomic E-state index is 3.90. The fourth-order valence-corrected chi connectivity index (χ4v) is 2.50. The van der Waals surface area contributed by atoms with Crippen LogP contribution in [0.3, 0.4) is 0 Å². The summed E-state index contributed by atoms with van der Waals surface area (Å²) in [4.78, 5) is 2.51. The standard InChI is InChI=1S/C8H7BrN2S/c1-5-6(9)4-8(12-5)7-2-3-10-11-7/h2-4H,1H3,(H,10,11). The number of aromatic nitrogens is 2. The van der Waals surface area contributed by atoms with Gasteiger partial charge in [-0.1, -0.05) is 0 Å². The minimum atomic E-state index is 1.08. The van der Waals surface area contributed by atoms with E-state index in [1.807, 2.05) is 6.07 Å². The lowest BCUT2D eigenvalue weighted by Crippen LogP contribution is -1.69. The van der Waals surface area contributed by atoms with Crippen molar-refractivity contribution in [2.45, 2.75) is 6.92 Å². The molecular formula is C8H7BrN2S. The minimum absolute atomic E-state index is 1.08. The number of nitrogens with one attached hydrogen (secondary N) is 1. The second-order valence-corrected chi connectivity index (χ2v) is 4.60. The monoisotopic (exact) mass is 242 g/mol. The van der Waals surface area contributed by atoms with Crippen LogP contribution in [-0.4, -0.2) is 10.2 Å². The lowest BCUT2D eigenvalue weighted by atomic mass is 10.3. The third kappa shape index (κ3) is 1.32. The van der Waals surface area contributed by atoms with Gasteiger partial charge in [0.05, 0.1) is 10.6 Å². The molecule has 2 aromatic heterocycles. The van der Waals surface area contributed by atoms with Gasteiger partial charge in [-0.05, 0) is 35.0 Å². The van der Waals surface area contributed by atoms with Crippen molar-refractivity contribution >= 4 is 27.3 Å². The van der Waals surface area contributed by atoms with Gasteiger partial charge < -0.3 is 0 Å². The van der Waals surface area contributed by atoms with Crippen molar-refractivity contribution in [1.82, 2.24) is 10.2 Å². The molecule has 0 radical (unpaired) electrons. The van der Waals surface area contributed by atoms with Crippen LogP contribution in [0.15, 0.2) is 22.8 Å². The summed E-state index contributed by atoms with van der Waals surface area (Å²) in [5, 5.41) is 6.84. The first kappa shape index (κ1) is 8.01. The Morgan fingerprint density at radius 3 is 2.92 bits per heavy atom. The summed E-state index contributed by atoms with van der Waals surface area (Å²) in [6, 6.07) is 4.07. The van der Waals surface area contributed by atoms with Gasteiger partial charge >= 0.3 is 0 Å². The molecule has 62 valence electrons. The van der Waals surface area contributed by atoms with Crippen LogP contribution in [0.1, 0.15) is 4.88 Å². The smallest absolute Gasteiger partial charge is 0.0750 e. The predicted molar refractivity (Wildman–Crippen MR) is 54.3 cm³/mol. The van der Waals surface area contributed by atoms with Gasteiger partial charge in [-0.15, -0.1) is 11.3 Å². The SMILES string of the molecule is Cc1sc(-c2ccn[nH]2)cc1Br. The Hall–Kier alpha value is -0.610. The molecule has 0 amide bonds. The number of hydrogen-bond acceptors (Lipinski definition) is 2. The average Bonchev–Trinajstić information content (AvgIpc) is 2.61. The van der Waals surface area contributed by atoms with Crippen LogP contribution < -0.4 is 0 Å². The van der Waals surface area contributed by atoms with E-state index < -0.39 is 0 Å². The van der Waals surface area contributed by atoms with Gasteiger partial charge in [0.1, 0.15) is 0 Å². The summed E-state index contributed by atoms with van der Waals surface area (Å²) in [6.07, 6.45) is 1.76. The van der Waals surface area contributed by atoms with Gasteiger partial charge in [-0.3, -0.25) is 5.10 Å². The molecule has 12 heavy (non-hydrogen) atoms. The quantitative estimate of drug-likeness (QED) is 0.818. The highest BCUT2D eigenvalue weighted by Crippen LogP contribution is 2.32. The van der Waals surface area contributed by atoms with Gasteiger partial charge in [0, 0.05) is 15.5 Å². The van der Waals surface area contributed by atoms with E-state index in [-0.39, 0.29) is 0 Å². The summed E-state index contributed by atoms with van der Waals surface area (Å²) >= 11 is 5.23. The van der Waals surface area contributed by atoms with Crippen molar-refractivity contribution in [3.05, 3.63) is 27.7 Å². The second-order valence-electron chi connectivity index (χ2n) is 2.49. The first-order valence-corrected chi connectivity index (χ1v) is 5.14. The Morgan fingerprint density at radius 2 is 2.42 bits per heavy atom. The van der Waals surface area contributed by atoms with Crippen LogP contribution in [0.4, 0.5) is 0 Å². The third-order valence-electron chi connectivity index (χ3n) is 1.62. The molecule has 0 fully saturated rings. The number of aromatic amines is 1. The number of hydrogen-bond donors (Lipinski definition) is 1. The first-order chi connectivity index (χ1) is 5.77. The molecule has 0 atom stereocenters. The fourth-order valence-electron chi connectivity index (χ4n) is 0.986. The maximum atomic E-state index is 3.90. The normalized spacial score (nSPS) is 10.5. The van der Waals surface area contributed by atoms with Crippen LogP contribution in [0.5, 0.6) is 0 Å². The second kappa shape index (κ2) is 3.03. The molecule has 0 aliphatic rings. The van der Waals surface area contributed by atoms with E-state index in [0.717, 1.165) is 10.2 Å². The fraction of sp³-hybridized carbons (Fsp3) is 0.125. The molecule has 0 spiro atoms. The number of thiophene rings is 1. The highest BCUT2D eigenvalue weighted by atomic mass is 79.9. The average molecular weight is 243 g/mol. The van der Waals surface area contributed by atoms with Crippen LogP contribution >= 0.6 is 27.3 Å². The number of nitrogens with zero attached hydrogens (tertiary/aromatic N) is 1. The Labute approximate surface area is 82.8 Å². The van der Waals surface area contributed by atoms with Crippen molar-refractivity contribution < 1.29 is 0 Å². The zero-order valence-electron chi connectivity index (χ0n) is 6.47. The molecular weight excluding hydrogens is 236 g/mol. The van der Waals surface area contributed by atoms with E-state index in [9.17, 15) is 0 Å². The number of halogens is 1. The van der Waals surface area contributed by atoms with Gasteiger partial charge in [0.25, 0.3) is 0 Å². The Balaban J connectivity index is 2.48. The first-order valence-electron chi connectivity index (χ1n) is 3.53. The molecule has 1 N–H and O–H groups in total. The Bertz CT molecular complexity index is 358. The topological polar surface area (TPSA) is 28.7 Å². The molecule has 4 heteroatoms. The Morgan fingerprint density at radius 1 is 1.58 bits per heavy atom. The van der Waals surface area contributed by atoms with Gasteiger partial charge in [-0.2, -0.15) is 5.10 Å². The summed E-state index contributed by atoms with van der Waals surface area (Å²) in [6.45, 7) is 2.09. The van der Waals surface area contributed by atoms with E-state index in [1.54, 1.807) is 17.5 Å². The molecule has 0 aromatic carbocycles. The zero-order chi connectivity index (χ0) is 8.55. The summed E-state index contributed by atoms with van der Waals surface area (Å²) in [5.41, 5.74) is 1.08. The van der Waals surface area contributed by atoms with Crippen LogP contribution in [0.2, 0.25) is 0 Å². The van der Waals surface area contributed by atoms with E-state index >= 15 is 0 Å². The molecule has 0 bridgehead atoms. The highest BCUT2D eigenvalue weighted by molar-refractivity contribution is 9.10. The molecule has 0 saturated heterocycles. The van der Waals surface area contributed by atoms with E-state index in [2.05, 4.69) is 39.1 Å². The summed E-state index contributed by atoms with van der Waals surface area (Å²) in [7, 11) is 0. The van der Waals surface area contributed by atoms with Crippen molar-refractivity contribution in [2.75, 3.05) is 0 Å². The van der Waals surface area contributed by atoms with Crippen molar-refractivity contribution in [3.8, 4) is 10.6 Å². The van der Waals surface area contributed by atoms with Crippen LogP contribution in [0.25, 0.3) is 10.6 Å². The largest absolute Gasteiger partial charge is 0.277 e. The van der Waals surface area contributed by atoms with E-state index in [0.29, 0.717) is 0 Å². The van der Waals surface area contributed by atoms with Crippen molar-refractivity contribution in [2.24, 2.45) is 0 Å². The number of rotatable bonds is 1. The molecule has 2 heterocycles. The van der Waals surface area contributed by atoms with Crippen molar-refractivity contribution in [1.29, 1.82) is 0 Å². The minimum Gasteiger partial charge on any atom is -0.277 e. The summed E-state index contributed by atoms with van der Waals surface area (Å²) < 4.78 is 1.16. The van der Waals surface area contributed by atoms with Gasteiger partial charge in [0.2, 0.25) is 0 Å². The Kier molecular flexibility index (Phi) is 2.02. The van der Waals surface area contributed by atoms with Gasteiger partial charge in [0.15, 0.2) is 0 Å².